The normalized spacial score (nSPS) is 17.6. The van der Waals surface area contributed by atoms with E-state index in [-0.39, 0.29) is 36.5 Å². The molecule has 0 spiro atoms. The number of aliphatic imine (C=N–C) groups is 1. The van der Waals surface area contributed by atoms with Gasteiger partial charge in [-0.05, 0) is 24.0 Å². The molecule has 3 rings (SSSR count). The molecule has 1 heterocycles. The van der Waals surface area contributed by atoms with Crippen molar-refractivity contribution < 1.29 is 22.7 Å². The number of ether oxygens (including phenoxy) is 1. The minimum Gasteiger partial charge on any atom is -0.367 e. The van der Waals surface area contributed by atoms with Crippen molar-refractivity contribution in [3.8, 4) is 0 Å². The van der Waals surface area contributed by atoms with E-state index in [0.29, 0.717) is 24.7 Å². The molecule has 2 fully saturated rings. The zero-order valence-electron chi connectivity index (χ0n) is 18.2. The molecule has 2 aliphatic rings. The fourth-order valence-corrected chi connectivity index (χ4v) is 3.45. The summed E-state index contributed by atoms with van der Waals surface area (Å²) in [4.78, 5) is 20.6. The number of benzene rings is 1. The topological polar surface area (TPSA) is 69.2 Å². The van der Waals surface area contributed by atoms with E-state index in [0.717, 1.165) is 50.5 Å². The maximum atomic E-state index is 12.2. The van der Waals surface area contributed by atoms with Crippen molar-refractivity contribution in [3.05, 3.63) is 35.4 Å². The fourth-order valence-electron chi connectivity index (χ4n) is 3.45. The minimum atomic E-state index is -4.32. The summed E-state index contributed by atoms with van der Waals surface area (Å²) >= 11 is 0. The molecule has 1 saturated heterocycles. The van der Waals surface area contributed by atoms with Crippen molar-refractivity contribution in [1.82, 2.24) is 20.4 Å². The Hall–Kier alpha value is -1.60. The van der Waals surface area contributed by atoms with Crippen molar-refractivity contribution in [2.24, 2.45) is 4.99 Å². The van der Waals surface area contributed by atoms with Crippen molar-refractivity contribution in [2.45, 2.75) is 38.2 Å². The van der Waals surface area contributed by atoms with Crippen molar-refractivity contribution in [1.29, 1.82) is 0 Å². The van der Waals surface area contributed by atoms with Crippen molar-refractivity contribution in [2.75, 3.05) is 46.4 Å². The van der Waals surface area contributed by atoms with E-state index in [1.54, 1.807) is 19.2 Å². The third kappa shape index (κ3) is 9.49. The number of carbonyl (C=O) groups is 1. The third-order valence-corrected chi connectivity index (χ3v) is 5.17. The molecule has 0 atom stereocenters. The lowest BCUT2D eigenvalue weighted by Crippen LogP contribution is -2.54. The van der Waals surface area contributed by atoms with E-state index >= 15 is 0 Å². The predicted molar refractivity (Wildman–Crippen MR) is 127 cm³/mol. The summed E-state index contributed by atoms with van der Waals surface area (Å²) in [5.74, 6) is 0.860. The van der Waals surface area contributed by atoms with Gasteiger partial charge in [0.15, 0.2) is 5.96 Å². The van der Waals surface area contributed by atoms with Crippen LogP contribution in [0.3, 0.4) is 0 Å². The van der Waals surface area contributed by atoms with Gasteiger partial charge in [-0.25, -0.2) is 0 Å². The Morgan fingerprint density at radius 2 is 1.88 bits per heavy atom. The van der Waals surface area contributed by atoms with Gasteiger partial charge in [-0.3, -0.25) is 14.7 Å². The van der Waals surface area contributed by atoms with Crippen LogP contribution in [-0.2, 0) is 22.7 Å². The van der Waals surface area contributed by atoms with Crippen LogP contribution in [0.15, 0.2) is 29.3 Å². The second-order valence-corrected chi connectivity index (χ2v) is 7.93. The van der Waals surface area contributed by atoms with E-state index in [4.69, 9.17) is 4.74 Å². The molecular formula is C21H31F3IN5O2. The second-order valence-electron chi connectivity index (χ2n) is 7.93. The largest absolute Gasteiger partial charge is 0.411 e. The molecule has 1 aromatic carbocycles. The molecule has 0 bridgehead atoms. The first-order valence-electron chi connectivity index (χ1n) is 10.5. The molecule has 1 aliphatic heterocycles. The summed E-state index contributed by atoms with van der Waals surface area (Å²) < 4.78 is 41.4. The highest BCUT2D eigenvalue weighted by atomic mass is 127. The number of carbonyl (C=O) groups excluding carboxylic acids is 1. The van der Waals surface area contributed by atoms with Crippen molar-refractivity contribution in [3.63, 3.8) is 0 Å². The standard InChI is InChI=1S/C21H30F3N5O2.HI/c1-25-20(29-9-7-28(8-10-29)13-19(30)27-18-5-6-18)26-12-16-3-2-4-17(11-16)14-31-15-21(22,23)24;/h2-4,11,18H,5-10,12-15H2,1H3,(H,25,26)(H,27,30);1H. The van der Waals surface area contributed by atoms with Gasteiger partial charge in [0.1, 0.15) is 6.61 Å². The predicted octanol–water partition coefficient (Wildman–Crippen LogP) is 2.36. The Bertz CT molecular complexity index is 766. The van der Waals surface area contributed by atoms with E-state index in [2.05, 4.69) is 25.4 Å². The Balaban J connectivity index is 0.00000363. The molecule has 2 N–H and O–H groups in total. The number of hydrogen-bond acceptors (Lipinski definition) is 4. The monoisotopic (exact) mass is 569 g/mol. The summed E-state index contributed by atoms with van der Waals surface area (Å²) in [7, 11) is 1.72. The average molecular weight is 569 g/mol. The van der Waals surface area contributed by atoms with Gasteiger partial charge < -0.3 is 20.3 Å². The molecule has 32 heavy (non-hydrogen) atoms. The first-order chi connectivity index (χ1) is 14.8. The number of nitrogens with one attached hydrogen (secondary N) is 2. The number of rotatable bonds is 8. The number of alkyl halides is 3. The first-order valence-corrected chi connectivity index (χ1v) is 10.5. The van der Waals surface area contributed by atoms with Gasteiger partial charge in [-0.1, -0.05) is 24.3 Å². The van der Waals surface area contributed by atoms with Crippen LogP contribution in [0.25, 0.3) is 0 Å². The maximum Gasteiger partial charge on any atom is 0.411 e. The summed E-state index contributed by atoms with van der Waals surface area (Å²) in [5.41, 5.74) is 1.63. The van der Waals surface area contributed by atoms with Crippen LogP contribution in [0.5, 0.6) is 0 Å². The van der Waals surface area contributed by atoms with Gasteiger partial charge in [-0.15, -0.1) is 24.0 Å². The van der Waals surface area contributed by atoms with Crippen LogP contribution in [-0.4, -0.2) is 80.3 Å². The number of amides is 1. The zero-order valence-corrected chi connectivity index (χ0v) is 20.5. The summed E-state index contributed by atoms with van der Waals surface area (Å²) in [6.45, 7) is 2.69. The second kappa shape index (κ2) is 12.6. The molecule has 180 valence electrons. The van der Waals surface area contributed by atoms with Crippen LogP contribution in [0.2, 0.25) is 0 Å². The highest BCUT2D eigenvalue weighted by Gasteiger charge is 2.27. The van der Waals surface area contributed by atoms with Crippen LogP contribution in [0, 0.1) is 0 Å². The van der Waals surface area contributed by atoms with Gasteiger partial charge in [0, 0.05) is 45.8 Å². The van der Waals surface area contributed by atoms with Gasteiger partial charge in [-0.2, -0.15) is 13.2 Å². The summed E-state index contributed by atoms with van der Waals surface area (Å²) in [5, 5.41) is 6.32. The van der Waals surface area contributed by atoms with Gasteiger partial charge in [0.2, 0.25) is 5.91 Å². The molecule has 0 aromatic heterocycles. The zero-order chi connectivity index (χ0) is 22.3. The van der Waals surface area contributed by atoms with Gasteiger partial charge >= 0.3 is 6.18 Å². The Labute approximate surface area is 203 Å². The number of guanidine groups is 1. The van der Waals surface area contributed by atoms with Crippen LogP contribution < -0.4 is 10.6 Å². The lowest BCUT2D eigenvalue weighted by atomic mass is 10.1. The van der Waals surface area contributed by atoms with Crippen LogP contribution >= 0.6 is 24.0 Å². The molecule has 0 unspecified atom stereocenters. The lowest BCUT2D eigenvalue weighted by molar-refractivity contribution is -0.176. The van der Waals surface area contributed by atoms with Crippen molar-refractivity contribution >= 4 is 35.8 Å². The molecular weight excluding hydrogens is 538 g/mol. The number of hydrogen-bond donors (Lipinski definition) is 2. The summed E-state index contributed by atoms with van der Waals surface area (Å²) in [6.07, 6.45) is -2.15. The number of nitrogens with zero attached hydrogens (tertiary/aromatic N) is 3. The summed E-state index contributed by atoms with van der Waals surface area (Å²) in [6, 6.07) is 7.66. The fraction of sp³-hybridized carbons (Fsp3) is 0.619. The molecule has 0 radical (unpaired) electrons. The molecule has 1 aromatic rings. The maximum absolute atomic E-state index is 12.2. The van der Waals surface area contributed by atoms with E-state index in [1.165, 1.54) is 0 Å². The highest BCUT2D eigenvalue weighted by Crippen LogP contribution is 2.18. The molecule has 1 amide bonds. The average Bonchev–Trinajstić information content (AvgIpc) is 3.53. The Morgan fingerprint density at radius 1 is 1.19 bits per heavy atom. The van der Waals surface area contributed by atoms with E-state index in [1.807, 2.05) is 12.1 Å². The smallest absolute Gasteiger partial charge is 0.367 e. The van der Waals surface area contributed by atoms with Crippen LogP contribution in [0.4, 0.5) is 13.2 Å². The molecule has 1 aliphatic carbocycles. The molecule has 1 saturated carbocycles. The number of piperazine rings is 1. The Kier molecular flexibility index (Phi) is 10.5. The van der Waals surface area contributed by atoms with E-state index in [9.17, 15) is 18.0 Å². The molecule has 7 nitrogen and oxygen atoms in total. The number of halogens is 4. The van der Waals surface area contributed by atoms with Gasteiger partial charge in [0.05, 0.1) is 13.2 Å². The van der Waals surface area contributed by atoms with Gasteiger partial charge in [0.25, 0.3) is 0 Å². The molecule has 11 heteroatoms. The highest BCUT2D eigenvalue weighted by molar-refractivity contribution is 14.0. The third-order valence-electron chi connectivity index (χ3n) is 5.17. The first kappa shape index (κ1) is 26.7. The Morgan fingerprint density at radius 3 is 2.50 bits per heavy atom. The van der Waals surface area contributed by atoms with Crippen LogP contribution in [0.1, 0.15) is 24.0 Å². The minimum absolute atomic E-state index is 0. The lowest BCUT2D eigenvalue weighted by Gasteiger charge is -2.36. The SMILES string of the molecule is CN=C(NCc1cccc(COCC(F)(F)F)c1)N1CCN(CC(=O)NC2CC2)CC1.I. The van der Waals surface area contributed by atoms with E-state index < -0.39 is 12.8 Å². The quantitative estimate of drug-likeness (QED) is 0.286.